The molecule has 0 aliphatic carbocycles. The Balaban J connectivity index is 0. The summed E-state index contributed by atoms with van der Waals surface area (Å²) >= 11 is 1.71. The standard InChI is InChI=1S/C4H4S.2C2H2/c1-2-4-5-3-1;2*1-2/h1-4H;2*1-2H. The van der Waals surface area contributed by atoms with Crippen LogP contribution >= 0.6 is 11.3 Å². The van der Waals surface area contributed by atoms with Crippen molar-refractivity contribution in [3.8, 4) is 25.7 Å². The first-order valence-corrected chi connectivity index (χ1v) is 3.08. The predicted molar refractivity (Wildman–Crippen MR) is 44.1 cm³/mol. The largest absolute Gasteiger partial charge is 0.152 e. The predicted octanol–water partition coefficient (Wildman–Crippen LogP) is 2.25. The maximum atomic E-state index is 4.00. The van der Waals surface area contributed by atoms with Crippen LogP contribution in [0.25, 0.3) is 0 Å². The maximum absolute atomic E-state index is 4.00. The minimum Gasteiger partial charge on any atom is -0.152 e. The van der Waals surface area contributed by atoms with Crippen LogP contribution in [0.3, 0.4) is 0 Å². The summed E-state index contributed by atoms with van der Waals surface area (Å²) in [7, 11) is 0. The minimum atomic E-state index is 1.71. The molecule has 0 amide bonds. The quantitative estimate of drug-likeness (QED) is 0.480. The number of thiophene rings is 1. The van der Waals surface area contributed by atoms with Gasteiger partial charge in [0, 0.05) is 0 Å². The highest BCUT2D eigenvalue weighted by Gasteiger charge is 1.58. The molecule has 0 atom stereocenters. The van der Waals surface area contributed by atoms with Gasteiger partial charge in [0.2, 0.25) is 0 Å². The molecule has 0 nitrogen and oxygen atoms in total. The summed E-state index contributed by atoms with van der Waals surface area (Å²) in [5.41, 5.74) is 0. The Morgan fingerprint density at radius 2 is 1.11 bits per heavy atom. The van der Waals surface area contributed by atoms with E-state index >= 15 is 0 Å². The van der Waals surface area contributed by atoms with Crippen molar-refractivity contribution in [2.45, 2.75) is 0 Å². The van der Waals surface area contributed by atoms with Gasteiger partial charge in [0.05, 0.1) is 0 Å². The molecule has 0 aromatic carbocycles. The van der Waals surface area contributed by atoms with Crippen LogP contribution in [0.4, 0.5) is 0 Å². The van der Waals surface area contributed by atoms with Gasteiger partial charge in [-0.3, -0.25) is 0 Å². The van der Waals surface area contributed by atoms with Crippen molar-refractivity contribution >= 4 is 11.3 Å². The zero-order valence-electron chi connectivity index (χ0n) is 5.03. The van der Waals surface area contributed by atoms with Crippen LogP contribution in [-0.2, 0) is 0 Å². The molecule has 1 heteroatoms. The third-order valence-electron chi connectivity index (χ3n) is 0.425. The molecule has 0 spiro atoms. The SMILES string of the molecule is C#C.C#C.c1ccsc1. The molecule has 0 N–H and O–H groups in total. The van der Waals surface area contributed by atoms with E-state index in [4.69, 9.17) is 0 Å². The fraction of sp³-hybridized carbons (Fsp3) is 0. The van der Waals surface area contributed by atoms with Crippen molar-refractivity contribution in [2.24, 2.45) is 0 Å². The van der Waals surface area contributed by atoms with Crippen LogP contribution in [0, 0.1) is 25.7 Å². The van der Waals surface area contributed by atoms with Gasteiger partial charge in [0.15, 0.2) is 0 Å². The lowest BCUT2D eigenvalue weighted by Crippen LogP contribution is -1.16. The molecule has 9 heavy (non-hydrogen) atoms. The highest BCUT2D eigenvalue weighted by atomic mass is 32.1. The van der Waals surface area contributed by atoms with Crippen molar-refractivity contribution in [2.75, 3.05) is 0 Å². The lowest BCUT2D eigenvalue weighted by atomic mass is 10.7. The molecule has 0 bridgehead atoms. The molecule has 1 rings (SSSR count). The molecule has 1 aromatic heterocycles. The van der Waals surface area contributed by atoms with Gasteiger partial charge in [0.25, 0.3) is 0 Å². The van der Waals surface area contributed by atoms with Crippen molar-refractivity contribution in [3.05, 3.63) is 22.9 Å². The van der Waals surface area contributed by atoms with Gasteiger partial charge in [-0.05, 0) is 10.8 Å². The first kappa shape index (κ1) is 10.7. The molecule has 0 radical (unpaired) electrons. The van der Waals surface area contributed by atoms with Gasteiger partial charge >= 0.3 is 0 Å². The van der Waals surface area contributed by atoms with Gasteiger partial charge in [-0.15, -0.1) is 25.7 Å². The van der Waals surface area contributed by atoms with Crippen molar-refractivity contribution in [1.29, 1.82) is 0 Å². The zero-order valence-corrected chi connectivity index (χ0v) is 5.84. The molecule has 1 aromatic rings. The summed E-state index contributed by atoms with van der Waals surface area (Å²) in [6, 6.07) is 4.04. The third-order valence-corrected chi connectivity index (χ3v) is 1.05. The van der Waals surface area contributed by atoms with Gasteiger partial charge in [0.1, 0.15) is 0 Å². The van der Waals surface area contributed by atoms with Crippen LogP contribution in [0.1, 0.15) is 0 Å². The Labute approximate surface area is 60.5 Å². The van der Waals surface area contributed by atoms with E-state index in [0.717, 1.165) is 0 Å². The second-order valence-corrected chi connectivity index (χ2v) is 1.61. The molecule has 0 saturated heterocycles. The lowest BCUT2D eigenvalue weighted by molar-refractivity contribution is 2.03. The van der Waals surface area contributed by atoms with Gasteiger partial charge < -0.3 is 0 Å². The van der Waals surface area contributed by atoms with Crippen molar-refractivity contribution in [3.63, 3.8) is 0 Å². The van der Waals surface area contributed by atoms with E-state index in [2.05, 4.69) is 25.7 Å². The molecular weight excluding hydrogens is 128 g/mol. The number of hydrogen-bond acceptors (Lipinski definition) is 1. The second kappa shape index (κ2) is 15.8. The smallest absolute Gasteiger partial charge is 0.00934 e. The molecule has 0 unspecified atom stereocenters. The highest BCUT2D eigenvalue weighted by molar-refractivity contribution is 7.07. The molecule has 0 fully saturated rings. The summed E-state index contributed by atoms with van der Waals surface area (Å²) < 4.78 is 0. The fourth-order valence-corrected chi connectivity index (χ4v) is 0.680. The van der Waals surface area contributed by atoms with E-state index in [0.29, 0.717) is 0 Å². The molecule has 0 saturated carbocycles. The van der Waals surface area contributed by atoms with E-state index < -0.39 is 0 Å². The molecule has 1 heterocycles. The number of hydrogen-bond donors (Lipinski definition) is 0. The van der Waals surface area contributed by atoms with E-state index in [1.54, 1.807) is 11.3 Å². The normalized spacial score (nSPS) is 4.89. The van der Waals surface area contributed by atoms with Crippen molar-refractivity contribution in [1.82, 2.24) is 0 Å². The average molecular weight is 136 g/mol. The highest BCUT2D eigenvalue weighted by Crippen LogP contribution is 1.91. The lowest BCUT2D eigenvalue weighted by Gasteiger charge is -1.39. The minimum absolute atomic E-state index is 1.71. The first-order chi connectivity index (χ1) is 4.50. The van der Waals surface area contributed by atoms with E-state index in [1.807, 2.05) is 22.9 Å². The van der Waals surface area contributed by atoms with Gasteiger partial charge in [-0.1, -0.05) is 12.1 Å². The molecule has 0 aliphatic rings. The fourth-order valence-electron chi connectivity index (χ4n) is 0.227. The van der Waals surface area contributed by atoms with Crippen LogP contribution in [-0.4, -0.2) is 0 Å². The van der Waals surface area contributed by atoms with Crippen molar-refractivity contribution < 1.29 is 0 Å². The number of rotatable bonds is 0. The summed E-state index contributed by atoms with van der Waals surface area (Å²) in [4.78, 5) is 0. The average Bonchev–Trinajstić information content (AvgIpc) is 2.51. The summed E-state index contributed by atoms with van der Waals surface area (Å²) in [6.45, 7) is 0. The van der Waals surface area contributed by atoms with E-state index in [-0.39, 0.29) is 0 Å². The molecular formula is C8H8S. The Kier molecular flexibility index (Phi) is 18.9. The van der Waals surface area contributed by atoms with Crippen LogP contribution < -0.4 is 0 Å². The molecule has 46 valence electrons. The number of terminal acetylenes is 2. The monoisotopic (exact) mass is 136 g/mol. The molecule has 0 aliphatic heterocycles. The van der Waals surface area contributed by atoms with Crippen LogP contribution in [0.15, 0.2) is 22.9 Å². The Morgan fingerprint density at radius 1 is 0.778 bits per heavy atom. The van der Waals surface area contributed by atoms with Crippen LogP contribution in [0.5, 0.6) is 0 Å². The first-order valence-electron chi connectivity index (χ1n) is 2.14. The van der Waals surface area contributed by atoms with E-state index in [1.165, 1.54) is 0 Å². The van der Waals surface area contributed by atoms with Gasteiger partial charge in [-0.25, -0.2) is 0 Å². The summed E-state index contributed by atoms with van der Waals surface area (Å²) in [6.07, 6.45) is 16.0. The maximum Gasteiger partial charge on any atom is -0.00934 e. The third kappa shape index (κ3) is 10.9. The second-order valence-electron chi connectivity index (χ2n) is 0.793. The van der Waals surface area contributed by atoms with Gasteiger partial charge in [-0.2, -0.15) is 11.3 Å². The Hall–Kier alpha value is -1.18. The van der Waals surface area contributed by atoms with Crippen LogP contribution in [0.2, 0.25) is 0 Å². The Morgan fingerprint density at radius 3 is 1.22 bits per heavy atom. The Bertz CT molecular complexity index is 111. The zero-order chi connectivity index (χ0) is 7.54. The van der Waals surface area contributed by atoms with E-state index in [9.17, 15) is 0 Å². The summed E-state index contributed by atoms with van der Waals surface area (Å²) in [5.74, 6) is 0. The summed E-state index contributed by atoms with van der Waals surface area (Å²) in [5, 5.41) is 4.08. The topological polar surface area (TPSA) is 0 Å².